The molecule has 0 unspecified atom stereocenters. The maximum Gasteiger partial charge on any atom is 0.112 e. The summed E-state index contributed by atoms with van der Waals surface area (Å²) in [6.45, 7) is 1.84. The van der Waals surface area contributed by atoms with E-state index in [1.165, 1.54) is 17.3 Å². The molecule has 0 aliphatic carbocycles. The number of nitrogens with zero attached hydrogens (tertiary/aromatic N) is 1. The summed E-state index contributed by atoms with van der Waals surface area (Å²) in [4.78, 5) is 0. The third-order valence-electron chi connectivity index (χ3n) is 5.85. The second kappa shape index (κ2) is 8.91. The molecule has 4 N–H and O–H groups in total. The van der Waals surface area contributed by atoms with Gasteiger partial charge in [-0.3, -0.25) is 0 Å². The number of hydrogen-bond donors (Lipinski definition) is 4. The second-order valence-corrected chi connectivity index (χ2v) is 9.53. The van der Waals surface area contributed by atoms with Gasteiger partial charge >= 0.3 is 0 Å². The molecule has 1 aliphatic heterocycles. The van der Waals surface area contributed by atoms with Crippen molar-refractivity contribution in [2.24, 2.45) is 0 Å². The van der Waals surface area contributed by atoms with Gasteiger partial charge in [0.05, 0.1) is 28.5 Å². The van der Waals surface area contributed by atoms with Gasteiger partial charge < -0.3 is 25.0 Å². The molecule has 2 aromatic carbocycles. The molecule has 1 saturated heterocycles. The van der Waals surface area contributed by atoms with Crippen LogP contribution in [-0.4, -0.2) is 55.2 Å². The van der Waals surface area contributed by atoms with Gasteiger partial charge in [-0.15, -0.1) is 11.8 Å². The Morgan fingerprint density at radius 3 is 2.33 bits per heavy atom. The van der Waals surface area contributed by atoms with Crippen LogP contribution < -0.4 is 0 Å². The zero-order valence-electron chi connectivity index (χ0n) is 16.6. The zero-order valence-corrected chi connectivity index (χ0v) is 18.2. The van der Waals surface area contributed by atoms with Gasteiger partial charge in [0.25, 0.3) is 0 Å². The molecule has 5 atom stereocenters. The first-order valence-corrected chi connectivity index (χ1v) is 11.4. The summed E-state index contributed by atoms with van der Waals surface area (Å²) < 4.78 is 1.91. The highest BCUT2D eigenvalue weighted by Crippen LogP contribution is 2.43. The fourth-order valence-electron chi connectivity index (χ4n) is 4.12. The molecule has 5 nitrogen and oxygen atoms in total. The predicted octanol–water partition coefficient (Wildman–Crippen LogP) is 3.14. The molecule has 7 heteroatoms. The van der Waals surface area contributed by atoms with Gasteiger partial charge in [0.15, 0.2) is 0 Å². The molecule has 1 aliphatic rings. The fourth-order valence-corrected chi connectivity index (χ4v) is 5.80. The number of halogens is 1. The Morgan fingerprint density at radius 1 is 0.967 bits per heavy atom. The smallest absolute Gasteiger partial charge is 0.112 e. The minimum atomic E-state index is -1.34. The van der Waals surface area contributed by atoms with Crippen LogP contribution in [0.25, 0.3) is 10.9 Å². The molecule has 0 radical (unpaired) electrons. The number of rotatable bonds is 5. The molecule has 0 amide bonds. The van der Waals surface area contributed by atoms with Crippen molar-refractivity contribution in [2.45, 2.75) is 48.7 Å². The number of aliphatic hydroxyl groups excluding tert-OH is 4. The first kappa shape index (κ1) is 21.7. The Bertz CT molecular complexity index is 1020. The normalized spacial score (nSPS) is 26.9. The summed E-state index contributed by atoms with van der Waals surface area (Å²) in [5.41, 5.74) is 4.31. The SMILES string of the molecule is CCc1ccc(Cc2cn([C@@H]3S[C@H](CO)[C@@H](O)[C@H](O)[C@H]3O)c3cccc(Cl)c23)cc1. The van der Waals surface area contributed by atoms with Crippen LogP contribution in [0.5, 0.6) is 0 Å². The predicted molar refractivity (Wildman–Crippen MR) is 121 cm³/mol. The molecule has 0 saturated carbocycles. The lowest BCUT2D eigenvalue weighted by Crippen LogP contribution is -2.52. The number of aliphatic hydroxyl groups is 4. The van der Waals surface area contributed by atoms with E-state index in [0.29, 0.717) is 11.4 Å². The zero-order chi connectivity index (χ0) is 21.4. The van der Waals surface area contributed by atoms with E-state index in [9.17, 15) is 20.4 Å². The van der Waals surface area contributed by atoms with E-state index in [0.717, 1.165) is 28.5 Å². The molecular formula is C23H26ClNO4S. The number of aromatic nitrogens is 1. The summed E-state index contributed by atoms with van der Waals surface area (Å²) in [6, 6.07) is 14.1. The van der Waals surface area contributed by atoms with E-state index in [1.807, 2.05) is 29.0 Å². The van der Waals surface area contributed by atoms with Crippen LogP contribution in [0.3, 0.4) is 0 Å². The van der Waals surface area contributed by atoms with E-state index in [1.54, 1.807) is 0 Å². The summed E-state index contributed by atoms with van der Waals surface area (Å²) >= 11 is 7.82. The van der Waals surface area contributed by atoms with Crippen LogP contribution in [0, 0.1) is 0 Å². The Morgan fingerprint density at radius 2 is 1.67 bits per heavy atom. The van der Waals surface area contributed by atoms with Crippen LogP contribution in [-0.2, 0) is 12.8 Å². The van der Waals surface area contributed by atoms with Gasteiger partial charge in [-0.2, -0.15) is 0 Å². The highest BCUT2D eigenvalue weighted by molar-refractivity contribution is 8.00. The van der Waals surface area contributed by atoms with Crippen LogP contribution in [0.1, 0.15) is 29.0 Å². The quantitative estimate of drug-likeness (QED) is 0.483. The van der Waals surface area contributed by atoms with E-state index in [-0.39, 0.29) is 6.61 Å². The molecule has 1 aromatic heterocycles. The van der Waals surface area contributed by atoms with Crippen molar-refractivity contribution < 1.29 is 20.4 Å². The molecule has 2 heterocycles. The number of aryl methyl sites for hydroxylation is 1. The van der Waals surface area contributed by atoms with E-state index < -0.39 is 28.9 Å². The lowest BCUT2D eigenvalue weighted by molar-refractivity contribution is -0.0764. The highest BCUT2D eigenvalue weighted by Gasteiger charge is 2.44. The Kier molecular flexibility index (Phi) is 6.44. The third-order valence-corrected chi connectivity index (χ3v) is 7.73. The van der Waals surface area contributed by atoms with E-state index >= 15 is 0 Å². The standard InChI is InChI=1S/C23H26ClNO4S/c1-2-13-6-8-14(9-7-13)10-15-11-25(17-5-3-4-16(24)19(15)17)23-22(29)21(28)20(27)18(12-26)30-23/h3-9,11,18,20-23,26-29H,2,10,12H2,1H3/t18-,20-,21+,22-,23-/m1/s1. The second-order valence-electron chi connectivity index (χ2n) is 7.76. The topological polar surface area (TPSA) is 85.9 Å². The molecule has 30 heavy (non-hydrogen) atoms. The van der Waals surface area contributed by atoms with Crippen molar-refractivity contribution in [3.8, 4) is 0 Å². The van der Waals surface area contributed by atoms with Gasteiger partial charge in [0, 0.05) is 11.6 Å². The van der Waals surface area contributed by atoms with Crippen molar-refractivity contribution >= 4 is 34.3 Å². The molecule has 1 fully saturated rings. The highest BCUT2D eigenvalue weighted by atomic mass is 35.5. The van der Waals surface area contributed by atoms with Gasteiger partial charge in [-0.25, -0.2) is 0 Å². The molecular weight excluding hydrogens is 422 g/mol. The minimum absolute atomic E-state index is 0.289. The number of fused-ring (bicyclic) bond motifs is 1. The molecule has 0 spiro atoms. The van der Waals surface area contributed by atoms with Crippen LogP contribution in [0.2, 0.25) is 5.02 Å². The van der Waals surface area contributed by atoms with Crippen molar-refractivity contribution in [3.05, 3.63) is 70.4 Å². The van der Waals surface area contributed by atoms with E-state index in [2.05, 4.69) is 31.2 Å². The van der Waals surface area contributed by atoms with Crippen LogP contribution in [0.15, 0.2) is 48.7 Å². The summed E-state index contributed by atoms with van der Waals surface area (Å²) in [7, 11) is 0. The summed E-state index contributed by atoms with van der Waals surface area (Å²) in [6.07, 6.45) is -0.0755. The molecule has 160 valence electrons. The summed E-state index contributed by atoms with van der Waals surface area (Å²) in [5, 5.41) is 41.2. The Hall–Kier alpha value is -1.54. The Balaban J connectivity index is 1.76. The third kappa shape index (κ3) is 3.88. The molecule has 3 aromatic rings. The largest absolute Gasteiger partial charge is 0.395 e. The first-order valence-electron chi connectivity index (χ1n) is 10.1. The molecule has 0 bridgehead atoms. The van der Waals surface area contributed by atoms with Crippen molar-refractivity contribution in [1.29, 1.82) is 0 Å². The average Bonchev–Trinajstić information content (AvgIpc) is 3.12. The van der Waals surface area contributed by atoms with Crippen molar-refractivity contribution in [3.63, 3.8) is 0 Å². The number of thioether (sulfide) groups is 1. The first-order chi connectivity index (χ1) is 14.4. The van der Waals surface area contributed by atoms with Gasteiger partial charge in [0.2, 0.25) is 0 Å². The number of hydrogen-bond acceptors (Lipinski definition) is 5. The average molecular weight is 448 g/mol. The van der Waals surface area contributed by atoms with Crippen molar-refractivity contribution in [1.82, 2.24) is 4.57 Å². The number of benzene rings is 2. The van der Waals surface area contributed by atoms with Gasteiger partial charge in [0.1, 0.15) is 17.6 Å². The van der Waals surface area contributed by atoms with Crippen molar-refractivity contribution in [2.75, 3.05) is 6.61 Å². The maximum absolute atomic E-state index is 10.7. The van der Waals surface area contributed by atoms with Gasteiger partial charge in [-0.1, -0.05) is 48.9 Å². The van der Waals surface area contributed by atoms with E-state index in [4.69, 9.17) is 11.6 Å². The monoisotopic (exact) mass is 447 g/mol. The van der Waals surface area contributed by atoms with Crippen LogP contribution in [0.4, 0.5) is 0 Å². The maximum atomic E-state index is 10.7. The Labute approximate surface area is 184 Å². The van der Waals surface area contributed by atoms with Crippen LogP contribution >= 0.6 is 23.4 Å². The minimum Gasteiger partial charge on any atom is -0.395 e. The molecule has 4 rings (SSSR count). The lowest BCUT2D eigenvalue weighted by Gasteiger charge is -2.40. The lowest BCUT2D eigenvalue weighted by atomic mass is 10.0. The van der Waals surface area contributed by atoms with Gasteiger partial charge in [-0.05, 0) is 41.7 Å². The summed E-state index contributed by atoms with van der Waals surface area (Å²) in [5.74, 6) is 0. The fraction of sp³-hybridized carbons (Fsp3) is 0.391.